The molecule has 0 radical (unpaired) electrons. The Bertz CT molecular complexity index is 208. The van der Waals surface area contributed by atoms with E-state index < -0.39 is 0 Å². The third-order valence-corrected chi connectivity index (χ3v) is 3.04. The van der Waals surface area contributed by atoms with Gasteiger partial charge in [0.2, 0.25) is 0 Å². The van der Waals surface area contributed by atoms with Crippen molar-refractivity contribution in [1.29, 1.82) is 0 Å². The summed E-state index contributed by atoms with van der Waals surface area (Å²) in [5.74, 6) is 5.92. The van der Waals surface area contributed by atoms with E-state index in [2.05, 4.69) is 17.2 Å². The highest BCUT2D eigenvalue weighted by atomic mass is 16.3. The molecule has 0 aliphatic heterocycles. The van der Waals surface area contributed by atoms with Gasteiger partial charge < -0.3 is 10.4 Å². The first-order valence-electron chi connectivity index (χ1n) is 5.58. The molecule has 2 heteroatoms. The minimum Gasteiger partial charge on any atom is -0.394 e. The van der Waals surface area contributed by atoms with Crippen LogP contribution in [0.5, 0.6) is 0 Å². The van der Waals surface area contributed by atoms with Gasteiger partial charge in [-0.3, -0.25) is 0 Å². The van der Waals surface area contributed by atoms with Gasteiger partial charge in [0.15, 0.2) is 0 Å². The molecule has 0 atom stereocenters. The fourth-order valence-electron chi connectivity index (χ4n) is 2.13. The zero-order valence-electron chi connectivity index (χ0n) is 9.10. The van der Waals surface area contributed by atoms with Crippen LogP contribution in [0.25, 0.3) is 0 Å². The van der Waals surface area contributed by atoms with Crippen LogP contribution < -0.4 is 5.32 Å². The van der Waals surface area contributed by atoms with Crippen LogP contribution in [-0.2, 0) is 0 Å². The molecule has 0 aromatic rings. The molecule has 0 aromatic heterocycles. The average molecular weight is 195 g/mol. The summed E-state index contributed by atoms with van der Waals surface area (Å²) in [5, 5.41) is 12.9. The number of hydrogen-bond acceptors (Lipinski definition) is 2. The van der Waals surface area contributed by atoms with Crippen LogP contribution in [0.3, 0.4) is 0 Å². The van der Waals surface area contributed by atoms with Gasteiger partial charge in [0, 0.05) is 18.5 Å². The summed E-state index contributed by atoms with van der Waals surface area (Å²) in [4.78, 5) is 0. The normalized spacial score (nSPS) is 19.9. The molecule has 2 N–H and O–H groups in total. The van der Waals surface area contributed by atoms with E-state index in [4.69, 9.17) is 0 Å². The molecular formula is C12H21NO. The van der Waals surface area contributed by atoms with Crippen molar-refractivity contribution in [1.82, 2.24) is 5.32 Å². The summed E-state index contributed by atoms with van der Waals surface area (Å²) < 4.78 is 0. The van der Waals surface area contributed by atoms with Crippen LogP contribution in [-0.4, -0.2) is 23.8 Å². The van der Waals surface area contributed by atoms with Gasteiger partial charge in [-0.05, 0) is 19.8 Å². The van der Waals surface area contributed by atoms with Gasteiger partial charge >= 0.3 is 0 Å². The quantitative estimate of drug-likeness (QED) is 0.528. The first kappa shape index (κ1) is 11.6. The molecule has 0 bridgehead atoms. The van der Waals surface area contributed by atoms with E-state index in [1.807, 2.05) is 6.92 Å². The Morgan fingerprint density at radius 2 is 2.00 bits per heavy atom. The largest absolute Gasteiger partial charge is 0.394 e. The lowest BCUT2D eigenvalue weighted by molar-refractivity contribution is 0.122. The van der Waals surface area contributed by atoms with E-state index in [0.717, 1.165) is 25.8 Å². The van der Waals surface area contributed by atoms with Crippen molar-refractivity contribution in [2.45, 2.75) is 51.0 Å². The molecule has 1 aliphatic carbocycles. The Morgan fingerprint density at radius 1 is 1.29 bits per heavy atom. The number of rotatable bonds is 4. The summed E-state index contributed by atoms with van der Waals surface area (Å²) in [6.45, 7) is 3.04. The fourth-order valence-corrected chi connectivity index (χ4v) is 2.13. The number of aliphatic hydroxyl groups excluding tert-OH is 1. The van der Waals surface area contributed by atoms with Gasteiger partial charge in [-0.2, -0.15) is 0 Å². The van der Waals surface area contributed by atoms with Gasteiger partial charge in [0.05, 0.1) is 6.61 Å². The second-order valence-electron chi connectivity index (χ2n) is 4.10. The molecule has 1 fully saturated rings. The first-order chi connectivity index (χ1) is 6.83. The van der Waals surface area contributed by atoms with E-state index >= 15 is 0 Å². The number of hydrogen-bond donors (Lipinski definition) is 2. The predicted molar refractivity (Wildman–Crippen MR) is 59.0 cm³/mol. The average Bonchev–Trinajstić information content (AvgIpc) is 2.26. The van der Waals surface area contributed by atoms with Crippen LogP contribution in [0.15, 0.2) is 0 Å². The molecule has 0 heterocycles. The standard InChI is InChI=1S/C12H21NO/c1-2-3-7-10-13-12(11-14)8-5-4-6-9-12/h13-14H,4-11H2,1H3. The maximum absolute atomic E-state index is 9.40. The number of aliphatic hydroxyl groups is 1. The molecule has 2 nitrogen and oxygen atoms in total. The van der Waals surface area contributed by atoms with E-state index in [9.17, 15) is 5.11 Å². The van der Waals surface area contributed by atoms with Crippen molar-refractivity contribution in [2.75, 3.05) is 13.2 Å². The SMILES string of the molecule is CC#CCCNC1(CO)CCCCC1. The van der Waals surface area contributed by atoms with Crippen molar-refractivity contribution >= 4 is 0 Å². The molecule has 0 spiro atoms. The molecule has 14 heavy (non-hydrogen) atoms. The Labute approximate surface area is 87.1 Å². The lowest BCUT2D eigenvalue weighted by Crippen LogP contribution is -2.50. The zero-order chi connectivity index (χ0) is 10.3. The van der Waals surface area contributed by atoms with E-state index in [1.54, 1.807) is 0 Å². The van der Waals surface area contributed by atoms with Crippen LogP contribution in [0.2, 0.25) is 0 Å². The van der Waals surface area contributed by atoms with Crippen LogP contribution in [0, 0.1) is 11.8 Å². The molecule has 1 rings (SSSR count). The molecular weight excluding hydrogens is 174 g/mol. The van der Waals surface area contributed by atoms with E-state index in [1.165, 1.54) is 19.3 Å². The third kappa shape index (κ3) is 3.32. The first-order valence-corrected chi connectivity index (χ1v) is 5.58. The molecule has 1 saturated carbocycles. The Balaban J connectivity index is 2.31. The van der Waals surface area contributed by atoms with Crippen molar-refractivity contribution < 1.29 is 5.11 Å². The van der Waals surface area contributed by atoms with E-state index in [0.29, 0.717) is 0 Å². The summed E-state index contributed by atoms with van der Waals surface area (Å²) in [6.07, 6.45) is 6.92. The molecule has 0 saturated heterocycles. The Kier molecular flexibility index (Phi) is 5.00. The molecule has 80 valence electrons. The summed E-state index contributed by atoms with van der Waals surface area (Å²) >= 11 is 0. The topological polar surface area (TPSA) is 32.3 Å². The highest BCUT2D eigenvalue weighted by Gasteiger charge is 2.29. The van der Waals surface area contributed by atoms with Gasteiger partial charge in [-0.15, -0.1) is 11.8 Å². The van der Waals surface area contributed by atoms with Crippen LogP contribution in [0.1, 0.15) is 45.4 Å². The maximum Gasteiger partial charge on any atom is 0.0613 e. The van der Waals surface area contributed by atoms with Crippen molar-refractivity contribution in [3.05, 3.63) is 0 Å². The zero-order valence-corrected chi connectivity index (χ0v) is 9.10. The monoisotopic (exact) mass is 195 g/mol. The lowest BCUT2D eigenvalue weighted by Gasteiger charge is -2.36. The molecule has 1 aliphatic rings. The molecule has 0 aromatic carbocycles. The van der Waals surface area contributed by atoms with Gasteiger partial charge in [-0.1, -0.05) is 19.3 Å². The number of nitrogens with one attached hydrogen (secondary N) is 1. The lowest BCUT2D eigenvalue weighted by atomic mass is 9.82. The second-order valence-corrected chi connectivity index (χ2v) is 4.10. The summed E-state index contributed by atoms with van der Waals surface area (Å²) in [7, 11) is 0. The minimum atomic E-state index is 0.00761. The van der Waals surface area contributed by atoms with E-state index in [-0.39, 0.29) is 12.1 Å². The van der Waals surface area contributed by atoms with Crippen molar-refractivity contribution in [3.8, 4) is 11.8 Å². The summed E-state index contributed by atoms with van der Waals surface area (Å²) in [5.41, 5.74) is 0.00761. The van der Waals surface area contributed by atoms with Crippen molar-refractivity contribution in [3.63, 3.8) is 0 Å². The smallest absolute Gasteiger partial charge is 0.0613 e. The molecule has 0 unspecified atom stereocenters. The van der Waals surface area contributed by atoms with Crippen LogP contribution in [0.4, 0.5) is 0 Å². The Hall–Kier alpha value is -0.520. The second kappa shape index (κ2) is 6.06. The van der Waals surface area contributed by atoms with Gasteiger partial charge in [0.1, 0.15) is 0 Å². The predicted octanol–water partition coefficient (Wildman–Crippen LogP) is 1.68. The minimum absolute atomic E-state index is 0.00761. The van der Waals surface area contributed by atoms with Gasteiger partial charge in [-0.25, -0.2) is 0 Å². The fraction of sp³-hybridized carbons (Fsp3) is 0.833. The highest BCUT2D eigenvalue weighted by Crippen LogP contribution is 2.27. The maximum atomic E-state index is 9.40. The summed E-state index contributed by atoms with van der Waals surface area (Å²) in [6, 6.07) is 0. The van der Waals surface area contributed by atoms with Crippen LogP contribution >= 0.6 is 0 Å². The third-order valence-electron chi connectivity index (χ3n) is 3.04. The highest BCUT2D eigenvalue weighted by molar-refractivity contribution is 4.97. The molecule has 0 amide bonds. The van der Waals surface area contributed by atoms with Crippen molar-refractivity contribution in [2.24, 2.45) is 0 Å². The Morgan fingerprint density at radius 3 is 2.57 bits per heavy atom. The van der Waals surface area contributed by atoms with Gasteiger partial charge in [0.25, 0.3) is 0 Å².